The molecule has 0 atom stereocenters. The second-order valence-electron chi connectivity index (χ2n) is 4.63. The van der Waals surface area contributed by atoms with Gasteiger partial charge in [0.2, 0.25) is 0 Å². The molecule has 0 unspecified atom stereocenters. The zero-order chi connectivity index (χ0) is 10.9. The van der Waals surface area contributed by atoms with Crippen LogP contribution in [0.1, 0.15) is 33.1 Å². The van der Waals surface area contributed by atoms with Crippen molar-refractivity contribution in [3.63, 3.8) is 0 Å². The van der Waals surface area contributed by atoms with Crippen LogP contribution in [-0.2, 0) is 4.74 Å². The molecule has 2 nitrogen and oxygen atoms in total. The van der Waals surface area contributed by atoms with Crippen LogP contribution in [0.3, 0.4) is 0 Å². The summed E-state index contributed by atoms with van der Waals surface area (Å²) in [5.41, 5.74) is 0. The summed E-state index contributed by atoms with van der Waals surface area (Å²) in [6, 6.07) is 0. The second-order valence-corrected chi connectivity index (χ2v) is 6.04. The van der Waals surface area contributed by atoms with Crippen LogP contribution in [0, 0.1) is 5.92 Å². The Balaban J connectivity index is 1.83. The van der Waals surface area contributed by atoms with Gasteiger partial charge in [0, 0.05) is 18.5 Å². The molecule has 3 heteroatoms. The lowest BCUT2D eigenvalue weighted by Crippen LogP contribution is -2.22. The lowest BCUT2D eigenvalue weighted by atomic mass is 10.2. The minimum absolute atomic E-state index is 0.771. The van der Waals surface area contributed by atoms with Crippen molar-refractivity contribution < 1.29 is 4.74 Å². The Kier molecular flexibility index (Phi) is 7.49. The molecule has 1 fully saturated rings. The lowest BCUT2D eigenvalue weighted by molar-refractivity contribution is 0.100. The third-order valence-electron chi connectivity index (χ3n) is 2.57. The van der Waals surface area contributed by atoms with E-state index in [1.807, 2.05) is 0 Å². The van der Waals surface area contributed by atoms with Gasteiger partial charge >= 0.3 is 0 Å². The molecule has 0 aromatic heterocycles. The first kappa shape index (κ1) is 13.3. The predicted molar refractivity (Wildman–Crippen MR) is 68.6 cm³/mol. The van der Waals surface area contributed by atoms with E-state index in [1.165, 1.54) is 31.6 Å². The van der Waals surface area contributed by atoms with Gasteiger partial charge in [-0.25, -0.2) is 0 Å². The van der Waals surface area contributed by atoms with E-state index < -0.39 is 0 Å². The molecule has 1 saturated heterocycles. The molecule has 0 radical (unpaired) electrons. The first-order chi connectivity index (χ1) is 7.29. The highest BCUT2D eigenvalue weighted by Crippen LogP contribution is 2.22. The van der Waals surface area contributed by atoms with Crippen LogP contribution < -0.4 is 5.32 Å². The second kappa shape index (κ2) is 8.43. The molecule has 1 aliphatic rings. The predicted octanol–water partition coefficient (Wildman–Crippen LogP) is 2.53. The summed E-state index contributed by atoms with van der Waals surface area (Å²) >= 11 is 2.14. The van der Waals surface area contributed by atoms with Crippen LogP contribution in [-0.4, -0.2) is 37.3 Å². The van der Waals surface area contributed by atoms with Crippen LogP contribution in [0.5, 0.6) is 0 Å². The quantitative estimate of drug-likeness (QED) is 0.680. The van der Waals surface area contributed by atoms with Crippen LogP contribution in [0.25, 0.3) is 0 Å². The van der Waals surface area contributed by atoms with Crippen LogP contribution in [0.4, 0.5) is 0 Å². The summed E-state index contributed by atoms with van der Waals surface area (Å²) in [4.78, 5) is 0. The molecule has 15 heavy (non-hydrogen) atoms. The molecule has 0 aliphatic carbocycles. The number of rotatable bonds is 7. The molecule has 1 aliphatic heterocycles. The van der Waals surface area contributed by atoms with E-state index in [0.29, 0.717) is 0 Å². The molecule has 0 aromatic rings. The van der Waals surface area contributed by atoms with Gasteiger partial charge in [-0.3, -0.25) is 0 Å². The highest BCUT2D eigenvalue weighted by atomic mass is 32.2. The van der Waals surface area contributed by atoms with Crippen molar-refractivity contribution in [3.8, 4) is 0 Å². The minimum atomic E-state index is 0.771. The van der Waals surface area contributed by atoms with E-state index >= 15 is 0 Å². The Bertz CT molecular complexity index is 147. The minimum Gasteiger partial charge on any atom is -0.381 e. The van der Waals surface area contributed by atoms with Crippen LogP contribution in [0.2, 0.25) is 0 Å². The maximum atomic E-state index is 5.35. The molecule has 1 rings (SSSR count). The van der Waals surface area contributed by atoms with Gasteiger partial charge in [0.05, 0.1) is 0 Å². The van der Waals surface area contributed by atoms with Crippen molar-refractivity contribution in [3.05, 3.63) is 0 Å². The van der Waals surface area contributed by atoms with Gasteiger partial charge in [0.25, 0.3) is 0 Å². The molecule has 0 aromatic carbocycles. The Labute approximate surface area is 98.5 Å². The Morgan fingerprint density at radius 1 is 1.33 bits per heavy atom. The van der Waals surface area contributed by atoms with E-state index in [9.17, 15) is 0 Å². The van der Waals surface area contributed by atoms with Gasteiger partial charge in [-0.1, -0.05) is 13.8 Å². The Morgan fingerprint density at radius 3 is 2.73 bits per heavy atom. The summed E-state index contributed by atoms with van der Waals surface area (Å²) < 4.78 is 5.35. The average Bonchev–Trinajstić information content (AvgIpc) is 2.24. The zero-order valence-corrected chi connectivity index (χ0v) is 10.9. The summed E-state index contributed by atoms with van der Waals surface area (Å²) in [6.07, 6.45) is 3.81. The third-order valence-corrected chi connectivity index (χ3v) is 4.04. The highest BCUT2D eigenvalue weighted by molar-refractivity contribution is 7.99. The Morgan fingerprint density at radius 2 is 2.07 bits per heavy atom. The molecule has 1 N–H and O–H groups in total. The fourth-order valence-electron chi connectivity index (χ4n) is 1.68. The van der Waals surface area contributed by atoms with E-state index in [0.717, 1.165) is 30.9 Å². The van der Waals surface area contributed by atoms with Crippen molar-refractivity contribution in [2.75, 3.05) is 32.1 Å². The maximum Gasteiger partial charge on any atom is 0.0476 e. The fraction of sp³-hybridized carbons (Fsp3) is 1.00. The van der Waals surface area contributed by atoms with E-state index in [-0.39, 0.29) is 0 Å². The molecule has 1 heterocycles. The maximum absolute atomic E-state index is 5.35. The standard InChI is InChI=1S/C12H25NOS/c1-11(2)10-13-6-3-9-15-12-4-7-14-8-5-12/h11-13H,3-10H2,1-2H3. The van der Waals surface area contributed by atoms with Gasteiger partial charge in [-0.2, -0.15) is 11.8 Å². The molecule has 0 amide bonds. The lowest BCUT2D eigenvalue weighted by Gasteiger charge is -2.21. The van der Waals surface area contributed by atoms with E-state index in [2.05, 4.69) is 30.9 Å². The van der Waals surface area contributed by atoms with Crippen molar-refractivity contribution in [2.24, 2.45) is 5.92 Å². The van der Waals surface area contributed by atoms with Crippen molar-refractivity contribution >= 4 is 11.8 Å². The topological polar surface area (TPSA) is 21.3 Å². The highest BCUT2D eigenvalue weighted by Gasteiger charge is 2.13. The smallest absolute Gasteiger partial charge is 0.0476 e. The SMILES string of the molecule is CC(C)CNCCCSC1CCOCC1. The van der Waals surface area contributed by atoms with Crippen molar-refractivity contribution in [1.29, 1.82) is 0 Å². The summed E-state index contributed by atoms with van der Waals surface area (Å²) in [5, 5.41) is 4.35. The van der Waals surface area contributed by atoms with Gasteiger partial charge in [0.1, 0.15) is 0 Å². The first-order valence-corrected chi connectivity index (χ1v) is 7.24. The monoisotopic (exact) mass is 231 g/mol. The molecule has 0 saturated carbocycles. The number of nitrogens with one attached hydrogen (secondary N) is 1. The van der Waals surface area contributed by atoms with E-state index in [4.69, 9.17) is 4.74 Å². The molecule has 90 valence electrons. The van der Waals surface area contributed by atoms with Crippen LogP contribution in [0.15, 0.2) is 0 Å². The zero-order valence-electron chi connectivity index (χ0n) is 10.1. The molecule has 0 spiro atoms. The number of ether oxygens (including phenoxy) is 1. The third kappa shape index (κ3) is 7.20. The number of thioether (sulfide) groups is 1. The fourth-order valence-corrected chi connectivity index (χ4v) is 2.85. The summed E-state index contributed by atoms with van der Waals surface area (Å²) in [7, 11) is 0. The molecular weight excluding hydrogens is 206 g/mol. The van der Waals surface area contributed by atoms with Gasteiger partial charge in [-0.05, 0) is 44.0 Å². The number of hydrogen-bond acceptors (Lipinski definition) is 3. The molecule has 0 bridgehead atoms. The average molecular weight is 231 g/mol. The Hall–Kier alpha value is 0.270. The number of hydrogen-bond donors (Lipinski definition) is 1. The molecular formula is C12H25NOS. The van der Waals surface area contributed by atoms with Crippen LogP contribution >= 0.6 is 11.8 Å². The first-order valence-electron chi connectivity index (χ1n) is 6.19. The van der Waals surface area contributed by atoms with Gasteiger partial charge < -0.3 is 10.1 Å². The van der Waals surface area contributed by atoms with Crippen molar-refractivity contribution in [2.45, 2.75) is 38.4 Å². The normalized spacial score (nSPS) is 18.6. The summed E-state index contributed by atoms with van der Waals surface area (Å²) in [5.74, 6) is 2.07. The van der Waals surface area contributed by atoms with Gasteiger partial charge in [-0.15, -0.1) is 0 Å². The van der Waals surface area contributed by atoms with Gasteiger partial charge in [0.15, 0.2) is 0 Å². The largest absolute Gasteiger partial charge is 0.381 e. The van der Waals surface area contributed by atoms with Crippen molar-refractivity contribution in [1.82, 2.24) is 5.32 Å². The van der Waals surface area contributed by atoms with E-state index in [1.54, 1.807) is 0 Å². The summed E-state index contributed by atoms with van der Waals surface area (Å²) in [6.45, 7) is 8.79.